The predicted molar refractivity (Wildman–Crippen MR) is 70.1 cm³/mol. The molecule has 4 rings (SSSR count). The predicted octanol–water partition coefficient (Wildman–Crippen LogP) is 3.80. The summed E-state index contributed by atoms with van der Waals surface area (Å²) in [5, 5.41) is 9.12. The number of halogens is 2. The Bertz CT molecular complexity index is 798. The van der Waals surface area contributed by atoms with Crippen molar-refractivity contribution in [1.29, 1.82) is 5.26 Å². The van der Waals surface area contributed by atoms with Gasteiger partial charge in [0.15, 0.2) is 0 Å². The first-order chi connectivity index (χ1) is 10.2. The Hall–Kier alpha value is -2.32. The van der Waals surface area contributed by atoms with Crippen molar-refractivity contribution < 1.29 is 13.5 Å². The first-order valence-corrected chi connectivity index (χ1v) is 6.73. The number of rotatable bonds is 1. The maximum Gasteiger partial charge on any atom is 0.141 e. The number of pyridine rings is 1. The second-order valence-electron chi connectivity index (χ2n) is 5.28. The normalized spacial score (nSPS) is 22.1. The SMILES string of the molecule is N#Cc1cc(-c2ccc(F)cc2F)c2c(n1)[C@H]1CC[C@@H]2O1. The first kappa shape index (κ1) is 12.4. The highest BCUT2D eigenvalue weighted by atomic mass is 19.1. The van der Waals surface area contributed by atoms with Gasteiger partial charge in [0.05, 0.1) is 11.8 Å². The smallest absolute Gasteiger partial charge is 0.141 e. The molecular weight excluding hydrogens is 274 g/mol. The molecule has 0 radical (unpaired) electrons. The number of nitrogens with zero attached hydrogens (tertiary/aromatic N) is 2. The molecule has 3 heterocycles. The van der Waals surface area contributed by atoms with E-state index in [-0.39, 0.29) is 23.5 Å². The lowest BCUT2D eigenvalue weighted by Gasteiger charge is -2.16. The summed E-state index contributed by atoms with van der Waals surface area (Å²) in [6.45, 7) is 0. The Kier molecular flexibility index (Phi) is 2.57. The monoisotopic (exact) mass is 284 g/mol. The van der Waals surface area contributed by atoms with Crippen LogP contribution in [0.3, 0.4) is 0 Å². The van der Waals surface area contributed by atoms with Crippen LogP contribution in [0.1, 0.15) is 42.0 Å². The third-order valence-electron chi connectivity index (χ3n) is 4.07. The van der Waals surface area contributed by atoms with Crippen LogP contribution >= 0.6 is 0 Å². The fraction of sp³-hybridized carbons (Fsp3) is 0.250. The van der Waals surface area contributed by atoms with Crippen molar-refractivity contribution in [3.63, 3.8) is 0 Å². The molecule has 1 aromatic carbocycles. The molecule has 2 aliphatic rings. The van der Waals surface area contributed by atoms with Crippen LogP contribution in [0.15, 0.2) is 24.3 Å². The summed E-state index contributed by atoms with van der Waals surface area (Å²) in [5.41, 5.74) is 2.66. The molecule has 0 N–H and O–H groups in total. The van der Waals surface area contributed by atoms with Crippen LogP contribution in [0.5, 0.6) is 0 Å². The topological polar surface area (TPSA) is 45.9 Å². The molecular formula is C16H10F2N2O. The number of aromatic nitrogens is 1. The maximum absolute atomic E-state index is 14.1. The van der Waals surface area contributed by atoms with Gasteiger partial charge in [-0.25, -0.2) is 13.8 Å². The van der Waals surface area contributed by atoms with Gasteiger partial charge in [0.1, 0.15) is 29.5 Å². The summed E-state index contributed by atoms with van der Waals surface area (Å²) in [4.78, 5) is 4.31. The van der Waals surface area contributed by atoms with Crippen molar-refractivity contribution in [2.45, 2.75) is 25.0 Å². The van der Waals surface area contributed by atoms with Crippen LogP contribution < -0.4 is 0 Å². The molecule has 1 saturated heterocycles. The molecule has 0 unspecified atom stereocenters. The van der Waals surface area contributed by atoms with Crippen LogP contribution in [0.4, 0.5) is 8.78 Å². The van der Waals surface area contributed by atoms with Gasteiger partial charge >= 0.3 is 0 Å². The number of nitriles is 1. The molecule has 0 spiro atoms. The zero-order valence-corrected chi connectivity index (χ0v) is 10.9. The molecule has 2 aromatic rings. The van der Waals surface area contributed by atoms with Gasteiger partial charge in [0.25, 0.3) is 0 Å². The van der Waals surface area contributed by atoms with E-state index >= 15 is 0 Å². The molecule has 0 saturated carbocycles. The highest BCUT2D eigenvalue weighted by Crippen LogP contribution is 2.53. The largest absolute Gasteiger partial charge is 0.364 e. The third-order valence-corrected chi connectivity index (χ3v) is 4.07. The molecule has 104 valence electrons. The lowest BCUT2D eigenvalue weighted by molar-refractivity contribution is 0.0705. The maximum atomic E-state index is 14.1. The van der Waals surface area contributed by atoms with Crippen LogP contribution in [-0.2, 0) is 4.74 Å². The van der Waals surface area contributed by atoms with Crippen molar-refractivity contribution in [1.82, 2.24) is 4.98 Å². The minimum Gasteiger partial charge on any atom is -0.364 e. The minimum absolute atomic E-state index is 0.107. The molecule has 2 atom stereocenters. The van der Waals surface area contributed by atoms with Crippen molar-refractivity contribution >= 4 is 0 Å². The number of ether oxygens (including phenoxy) is 1. The van der Waals surface area contributed by atoms with Crippen LogP contribution in [0.2, 0.25) is 0 Å². The van der Waals surface area contributed by atoms with Gasteiger partial charge in [-0.15, -0.1) is 0 Å². The standard InChI is InChI=1S/C16H10F2N2O/c17-8-1-2-10(12(18)5-8)11-6-9(7-19)20-16-14-4-3-13(21-14)15(11)16/h1-2,5-6,13-14H,3-4H2/t13-,14+/m0/s1. The lowest BCUT2D eigenvalue weighted by atomic mass is 9.88. The van der Waals surface area contributed by atoms with Gasteiger partial charge in [-0.3, -0.25) is 0 Å². The van der Waals surface area contributed by atoms with Gasteiger partial charge in [0, 0.05) is 17.2 Å². The molecule has 5 heteroatoms. The van der Waals surface area contributed by atoms with E-state index in [1.54, 1.807) is 6.07 Å². The number of fused-ring (bicyclic) bond motifs is 5. The minimum atomic E-state index is -0.643. The summed E-state index contributed by atoms with van der Waals surface area (Å²) in [6.07, 6.45) is 1.51. The molecule has 0 amide bonds. The fourth-order valence-electron chi connectivity index (χ4n) is 3.20. The van der Waals surface area contributed by atoms with E-state index in [4.69, 9.17) is 10.00 Å². The Morgan fingerprint density at radius 3 is 2.71 bits per heavy atom. The van der Waals surface area contributed by atoms with E-state index in [1.165, 1.54) is 12.1 Å². The highest BCUT2D eigenvalue weighted by Gasteiger charge is 2.41. The van der Waals surface area contributed by atoms with Gasteiger partial charge in [0.2, 0.25) is 0 Å². The van der Waals surface area contributed by atoms with E-state index in [9.17, 15) is 8.78 Å². The quantitative estimate of drug-likeness (QED) is 0.800. The Labute approximate surface area is 119 Å². The highest BCUT2D eigenvalue weighted by molar-refractivity contribution is 5.71. The molecule has 2 aliphatic heterocycles. The zero-order valence-electron chi connectivity index (χ0n) is 10.9. The molecule has 1 aromatic heterocycles. The van der Waals surface area contributed by atoms with Crippen molar-refractivity contribution in [2.75, 3.05) is 0 Å². The van der Waals surface area contributed by atoms with E-state index < -0.39 is 11.6 Å². The van der Waals surface area contributed by atoms with E-state index in [0.717, 1.165) is 30.2 Å². The van der Waals surface area contributed by atoms with Gasteiger partial charge in [-0.05, 0) is 36.6 Å². The van der Waals surface area contributed by atoms with Gasteiger partial charge < -0.3 is 4.74 Å². The molecule has 1 fully saturated rings. The van der Waals surface area contributed by atoms with E-state index in [0.29, 0.717) is 5.56 Å². The third kappa shape index (κ3) is 1.76. The average molecular weight is 284 g/mol. The van der Waals surface area contributed by atoms with Crippen molar-refractivity contribution in [3.8, 4) is 17.2 Å². The molecule has 2 bridgehead atoms. The Balaban J connectivity index is 1.99. The summed E-state index contributed by atoms with van der Waals surface area (Å²) in [6, 6.07) is 7.01. The fourth-order valence-corrected chi connectivity index (χ4v) is 3.20. The summed E-state index contributed by atoms with van der Waals surface area (Å²) >= 11 is 0. The molecule has 21 heavy (non-hydrogen) atoms. The van der Waals surface area contributed by atoms with E-state index in [2.05, 4.69) is 4.98 Å². The second-order valence-corrected chi connectivity index (χ2v) is 5.28. The van der Waals surface area contributed by atoms with Gasteiger partial charge in [-0.2, -0.15) is 5.26 Å². The Morgan fingerprint density at radius 2 is 1.95 bits per heavy atom. The lowest BCUT2D eigenvalue weighted by Crippen LogP contribution is -2.05. The number of hydrogen-bond acceptors (Lipinski definition) is 3. The second kappa shape index (κ2) is 4.34. The number of benzene rings is 1. The summed E-state index contributed by atoms with van der Waals surface area (Å²) in [5.74, 6) is -1.27. The summed E-state index contributed by atoms with van der Waals surface area (Å²) in [7, 11) is 0. The average Bonchev–Trinajstić information content (AvgIpc) is 3.08. The first-order valence-electron chi connectivity index (χ1n) is 6.73. The van der Waals surface area contributed by atoms with Crippen LogP contribution in [0.25, 0.3) is 11.1 Å². The molecule has 0 aliphatic carbocycles. The van der Waals surface area contributed by atoms with Crippen molar-refractivity contribution in [3.05, 3.63) is 52.9 Å². The zero-order chi connectivity index (χ0) is 14.6. The molecule has 3 nitrogen and oxygen atoms in total. The van der Waals surface area contributed by atoms with Crippen molar-refractivity contribution in [2.24, 2.45) is 0 Å². The summed E-state index contributed by atoms with van der Waals surface area (Å²) < 4.78 is 33.0. The van der Waals surface area contributed by atoms with E-state index in [1.807, 2.05) is 6.07 Å². The van der Waals surface area contributed by atoms with Crippen LogP contribution in [-0.4, -0.2) is 4.98 Å². The number of hydrogen-bond donors (Lipinski definition) is 0. The Morgan fingerprint density at radius 1 is 1.14 bits per heavy atom. The van der Waals surface area contributed by atoms with Crippen LogP contribution in [0, 0.1) is 23.0 Å². The van der Waals surface area contributed by atoms with Gasteiger partial charge in [-0.1, -0.05) is 0 Å².